The number of nitrogens with two attached hydrogens (primary N) is 1. The molecule has 0 saturated heterocycles. The standard InChI is InChI=1S/C33H55NO4.C4H8/c1-28(2,19-26(35)36)20-27(37)38-25-13-15-30(5)23(29(25,3)4)12-16-32(7)24(30)11-10-21-22-9-8-14-33(22,34)18-17-31(21,32)6;1-4(2)3/h21-25H,8-20,34H2,1-7H3,(H,35,36);1H2,2-3H3/t21?,22-,23?,24?,25?,30?,31-,32?,33?;/m1./s1. The van der Waals surface area contributed by atoms with Crippen LogP contribution in [0.1, 0.15) is 146 Å². The topological polar surface area (TPSA) is 89.6 Å². The second-order valence-electron chi connectivity index (χ2n) is 17.9. The summed E-state index contributed by atoms with van der Waals surface area (Å²) < 4.78 is 6.20. The molecule has 7 unspecified atom stereocenters. The molecule has 5 aliphatic carbocycles. The Kier molecular flexibility index (Phi) is 8.95. The summed E-state index contributed by atoms with van der Waals surface area (Å²) in [4.78, 5) is 24.3. The van der Waals surface area contributed by atoms with Crippen LogP contribution in [0.5, 0.6) is 0 Å². The van der Waals surface area contributed by atoms with Gasteiger partial charge in [-0.15, -0.1) is 6.58 Å². The molecule has 42 heavy (non-hydrogen) atoms. The zero-order chi connectivity index (χ0) is 31.5. The minimum Gasteiger partial charge on any atom is -0.481 e. The lowest BCUT2D eigenvalue weighted by molar-refractivity contribution is -0.244. The number of fused-ring (bicyclic) bond motifs is 7. The third-order valence-corrected chi connectivity index (χ3v) is 13.9. The summed E-state index contributed by atoms with van der Waals surface area (Å²) in [6, 6.07) is 0. The van der Waals surface area contributed by atoms with Gasteiger partial charge in [0.05, 0.1) is 12.8 Å². The maximum absolute atomic E-state index is 13.0. The van der Waals surface area contributed by atoms with Crippen molar-refractivity contribution in [2.45, 2.75) is 157 Å². The molecule has 0 aromatic carbocycles. The molecular weight excluding hydrogens is 522 g/mol. The van der Waals surface area contributed by atoms with Crippen molar-refractivity contribution >= 4 is 11.9 Å². The zero-order valence-corrected chi connectivity index (χ0v) is 28.5. The van der Waals surface area contributed by atoms with Crippen LogP contribution in [0.3, 0.4) is 0 Å². The SMILES string of the molecule is C=C(C)C.CC(C)(CC(=O)O)CC(=O)OC1CCC2(C)C(CCC3(C)C2CCC2[C@H]4CCCC4(N)CC[C@]23C)C1(C)C. The van der Waals surface area contributed by atoms with E-state index in [9.17, 15) is 14.7 Å². The molecule has 0 bridgehead atoms. The van der Waals surface area contributed by atoms with E-state index in [1.807, 2.05) is 27.7 Å². The normalized spacial score (nSPS) is 43.8. The van der Waals surface area contributed by atoms with Crippen molar-refractivity contribution < 1.29 is 19.4 Å². The van der Waals surface area contributed by atoms with Crippen molar-refractivity contribution in [2.75, 3.05) is 0 Å². The molecule has 9 atom stereocenters. The van der Waals surface area contributed by atoms with E-state index in [4.69, 9.17) is 10.5 Å². The lowest BCUT2D eigenvalue weighted by Crippen LogP contribution is -2.67. The van der Waals surface area contributed by atoms with Crippen molar-refractivity contribution in [3.05, 3.63) is 12.2 Å². The number of carbonyl (C=O) groups is 2. The van der Waals surface area contributed by atoms with Crippen LogP contribution >= 0.6 is 0 Å². The first kappa shape index (κ1) is 33.5. The lowest BCUT2D eigenvalue weighted by Gasteiger charge is -2.72. The number of carboxylic acids is 1. The van der Waals surface area contributed by atoms with Crippen molar-refractivity contribution in [3.63, 3.8) is 0 Å². The Labute approximate surface area is 257 Å². The van der Waals surface area contributed by atoms with Gasteiger partial charge in [0.25, 0.3) is 0 Å². The molecule has 240 valence electrons. The molecule has 5 rings (SSSR count). The van der Waals surface area contributed by atoms with Crippen molar-refractivity contribution in [2.24, 2.45) is 56.5 Å². The molecular formula is C37H63NO4. The number of ether oxygens (including phenoxy) is 1. The van der Waals surface area contributed by atoms with Gasteiger partial charge >= 0.3 is 11.9 Å². The summed E-state index contributed by atoms with van der Waals surface area (Å²) in [5.74, 6) is 1.60. The van der Waals surface area contributed by atoms with Gasteiger partial charge in [-0.2, -0.15) is 0 Å². The Morgan fingerprint density at radius 3 is 2.10 bits per heavy atom. The van der Waals surface area contributed by atoms with Gasteiger partial charge in [0, 0.05) is 11.0 Å². The van der Waals surface area contributed by atoms with E-state index in [0.29, 0.717) is 28.6 Å². The predicted molar refractivity (Wildman–Crippen MR) is 171 cm³/mol. The fourth-order valence-corrected chi connectivity index (χ4v) is 11.9. The van der Waals surface area contributed by atoms with Gasteiger partial charge in [0.2, 0.25) is 0 Å². The van der Waals surface area contributed by atoms with Crippen LogP contribution < -0.4 is 5.73 Å². The van der Waals surface area contributed by atoms with Crippen LogP contribution in [0, 0.1) is 50.7 Å². The van der Waals surface area contributed by atoms with Gasteiger partial charge in [0.1, 0.15) is 6.10 Å². The zero-order valence-electron chi connectivity index (χ0n) is 28.5. The van der Waals surface area contributed by atoms with E-state index in [1.54, 1.807) is 0 Å². The summed E-state index contributed by atoms with van der Waals surface area (Å²) in [5.41, 5.74) is 8.58. The third-order valence-electron chi connectivity index (χ3n) is 13.9. The van der Waals surface area contributed by atoms with Gasteiger partial charge in [0.15, 0.2) is 0 Å². The first-order chi connectivity index (χ1) is 19.2. The second-order valence-corrected chi connectivity index (χ2v) is 17.9. The van der Waals surface area contributed by atoms with Crippen LogP contribution in [-0.4, -0.2) is 28.7 Å². The molecule has 0 amide bonds. The maximum Gasteiger partial charge on any atom is 0.306 e. The molecule has 5 heteroatoms. The van der Waals surface area contributed by atoms with Crippen LogP contribution in [0.2, 0.25) is 0 Å². The van der Waals surface area contributed by atoms with E-state index in [1.165, 1.54) is 63.4 Å². The molecule has 0 aromatic heterocycles. The van der Waals surface area contributed by atoms with Gasteiger partial charge in [-0.3, -0.25) is 9.59 Å². The second kappa shape index (κ2) is 11.2. The fourth-order valence-electron chi connectivity index (χ4n) is 11.9. The lowest BCUT2D eigenvalue weighted by atomic mass is 9.33. The molecule has 3 N–H and O–H groups in total. The highest BCUT2D eigenvalue weighted by atomic mass is 16.5. The molecule has 0 spiro atoms. The van der Waals surface area contributed by atoms with Gasteiger partial charge in [-0.1, -0.05) is 60.5 Å². The molecule has 0 heterocycles. The van der Waals surface area contributed by atoms with E-state index in [-0.39, 0.29) is 41.3 Å². The number of hydrogen-bond acceptors (Lipinski definition) is 4. The molecule has 0 aliphatic heterocycles. The summed E-state index contributed by atoms with van der Waals surface area (Å²) in [5, 5.41) is 9.23. The van der Waals surface area contributed by atoms with E-state index >= 15 is 0 Å². The highest BCUT2D eigenvalue weighted by Gasteiger charge is 2.69. The first-order valence-electron chi connectivity index (χ1n) is 17.0. The first-order valence-corrected chi connectivity index (χ1v) is 17.0. The summed E-state index contributed by atoms with van der Waals surface area (Å²) in [6.07, 6.45) is 13.5. The molecule has 0 radical (unpaired) electrons. The van der Waals surface area contributed by atoms with E-state index < -0.39 is 11.4 Å². The number of carboxylic acid groups (broad SMARTS) is 1. The van der Waals surface area contributed by atoms with E-state index in [2.05, 4.69) is 41.2 Å². The number of aliphatic carboxylic acids is 1. The Morgan fingerprint density at radius 1 is 0.833 bits per heavy atom. The monoisotopic (exact) mass is 585 g/mol. The number of carbonyl (C=O) groups excluding carboxylic acids is 1. The number of allylic oxidation sites excluding steroid dienone is 1. The van der Waals surface area contributed by atoms with Crippen LogP contribution in [-0.2, 0) is 14.3 Å². The fraction of sp³-hybridized carbons (Fsp3) is 0.892. The Hall–Kier alpha value is -1.36. The van der Waals surface area contributed by atoms with Crippen molar-refractivity contribution in [1.29, 1.82) is 0 Å². The largest absolute Gasteiger partial charge is 0.481 e. The Morgan fingerprint density at radius 2 is 1.48 bits per heavy atom. The number of hydrogen-bond donors (Lipinski definition) is 2. The van der Waals surface area contributed by atoms with Gasteiger partial charge < -0.3 is 15.6 Å². The van der Waals surface area contributed by atoms with Crippen LogP contribution in [0.25, 0.3) is 0 Å². The summed E-state index contributed by atoms with van der Waals surface area (Å²) in [6.45, 7) is 23.8. The summed E-state index contributed by atoms with van der Waals surface area (Å²) >= 11 is 0. The van der Waals surface area contributed by atoms with Gasteiger partial charge in [-0.25, -0.2) is 0 Å². The third kappa shape index (κ3) is 5.63. The molecule has 0 aromatic rings. The average Bonchev–Trinajstić information content (AvgIpc) is 3.21. The van der Waals surface area contributed by atoms with Crippen LogP contribution in [0.4, 0.5) is 0 Å². The highest BCUT2D eigenvalue weighted by molar-refractivity contribution is 5.73. The predicted octanol–water partition coefficient (Wildman–Crippen LogP) is 8.94. The maximum atomic E-state index is 13.0. The smallest absolute Gasteiger partial charge is 0.306 e. The molecule has 5 saturated carbocycles. The minimum atomic E-state index is -0.867. The summed E-state index contributed by atoms with van der Waals surface area (Å²) in [7, 11) is 0. The van der Waals surface area contributed by atoms with Crippen LogP contribution in [0.15, 0.2) is 12.2 Å². The number of rotatable bonds is 5. The molecule has 5 nitrogen and oxygen atoms in total. The Bertz CT molecular complexity index is 1060. The van der Waals surface area contributed by atoms with E-state index in [0.717, 1.165) is 18.8 Å². The van der Waals surface area contributed by atoms with Crippen molar-refractivity contribution in [1.82, 2.24) is 0 Å². The average molecular weight is 586 g/mol. The molecule has 5 aliphatic rings. The molecule has 5 fully saturated rings. The quantitative estimate of drug-likeness (QED) is 0.248. The Balaban J connectivity index is 0.000000952. The minimum absolute atomic E-state index is 0.0248. The highest BCUT2D eigenvalue weighted by Crippen LogP contribution is 2.75. The van der Waals surface area contributed by atoms with Crippen molar-refractivity contribution in [3.8, 4) is 0 Å². The number of esters is 1. The van der Waals surface area contributed by atoms with Gasteiger partial charge in [-0.05, 0) is 123 Å².